The van der Waals surface area contributed by atoms with Crippen LogP contribution in [0.1, 0.15) is 26.7 Å². The molecule has 0 rings (SSSR count). The predicted molar refractivity (Wildman–Crippen MR) is 55.9 cm³/mol. The van der Waals surface area contributed by atoms with E-state index in [4.69, 9.17) is 0 Å². The van der Waals surface area contributed by atoms with Crippen molar-refractivity contribution in [3.8, 4) is 0 Å². The Morgan fingerprint density at radius 2 is 2.09 bits per heavy atom. The molecule has 0 aliphatic rings. The van der Waals surface area contributed by atoms with Gasteiger partial charge in [-0.25, -0.2) is 0 Å². The third kappa shape index (κ3) is 5.26. The van der Waals surface area contributed by atoms with E-state index in [9.17, 15) is 0 Å². The Bertz CT molecular complexity index is 112. The minimum absolute atomic E-state index is 1.15. The summed E-state index contributed by atoms with van der Waals surface area (Å²) >= 11 is 0. The first-order valence-electron chi connectivity index (χ1n) is 4.32. The molecule has 0 N–H and O–H groups in total. The summed E-state index contributed by atoms with van der Waals surface area (Å²) in [5.74, 6) is 0. The van der Waals surface area contributed by atoms with Crippen molar-refractivity contribution in [2.45, 2.75) is 26.7 Å². The molecule has 0 radical (unpaired) electrons. The summed E-state index contributed by atoms with van der Waals surface area (Å²) in [6.07, 6.45) is 3.65. The van der Waals surface area contributed by atoms with Gasteiger partial charge in [0.2, 0.25) is 0 Å². The maximum absolute atomic E-state index is 3.95. The Hall–Kier alpha value is -0.0300. The van der Waals surface area contributed by atoms with Crippen LogP contribution in [-0.4, -0.2) is 24.2 Å². The molecule has 0 amide bonds. The molecule has 0 bridgehead atoms. The summed E-state index contributed by atoms with van der Waals surface area (Å²) in [6.45, 7) is 10.5. The van der Waals surface area contributed by atoms with Gasteiger partial charge in [-0.15, -0.1) is 9.24 Å². The molecule has 0 aromatic carbocycles. The maximum Gasteiger partial charge on any atom is 0.0177 e. The van der Waals surface area contributed by atoms with Crippen LogP contribution in [-0.2, 0) is 0 Å². The van der Waals surface area contributed by atoms with E-state index in [1.165, 1.54) is 24.7 Å². The third-order valence-corrected chi connectivity index (χ3v) is 2.07. The van der Waals surface area contributed by atoms with Crippen LogP contribution in [0.25, 0.3) is 0 Å². The second-order valence-electron chi connectivity index (χ2n) is 2.86. The summed E-state index contributed by atoms with van der Waals surface area (Å²) in [4.78, 5) is 2.35. The first-order chi connectivity index (χ1) is 5.22. The van der Waals surface area contributed by atoms with Gasteiger partial charge in [0.25, 0.3) is 0 Å². The van der Waals surface area contributed by atoms with Gasteiger partial charge in [0, 0.05) is 18.8 Å². The summed E-state index contributed by atoms with van der Waals surface area (Å²) in [5, 5.41) is 0. The van der Waals surface area contributed by atoms with Crippen LogP contribution in [0.4, 0.5) is 0 Å². The Balaban J connectivity index is 3.60. The molecule has 0 aliphatic carbocycles. The average Bonchev–Trinajstić information content (AvgIpc) is 1.97. The highest BCUT2D eigenvalue weighted by Gasteiger charge is 1.99. The molecule has 66 valence electrons. The fraction of sp³-hybridized carbons (Fsp3) is 0.778. The average molecular weight is 173 g/mol. The Kier molecular flexibility index (Phi) is 6.65. The van der Waals surface area contributed by atoms with Crippen molar-refractivity contribution in [1.29, 1.82) is 0 Å². The molecule has 0 aromatic rings. The quantitative estimate of drug-likeness (QED) is 0.558. The highest BCUT2D eigenvalue weighted by Crippen LogP contribution is 2.03. The zero-order chi connectivity index (χ0) is 8.69. The predicted octanol–water partition coefficient (Wildman–Crippen LogP) is 2.50. The fourth-order valence-corrected chi connectivity index (χ4v) is 1.23. The molecule has 2 heteroatoms. The molecule has 0 heterocycles. The monoisotopic (exact) mass is 173 g/mol. The Morgan fingerprint density at radius 1 is 1.45 bits per heavy atom. The van der Waals surface area contributed by atoms with Crippen LogP contribution in [0.2, 0.25) is 0 Å². The summed E-state index contributed by atoms with van der Waals surface area (Å²) in [6, 6.07) is 0. The lowest BCUT2D eigenvalue weighted by Crippen LogP contribution is -2.23. The van der Waals surface area contributed by atoms with Gasteiger partial charge in [-0.2, -0.15) is 0 Å². The third-order valence-electron chi connectivity index (χ3n) is 1.67. The standard InChI is InChI=1S/C9H20NP/c1-4-6-10(9(2)3)7-5-8-11/h2,4-8,11H2,1,3H3. The van der Waals surface area contributed by atoms with Crippen LogP contribution in [0.3, 0.4) is 0 Å². The normalized spacial score (nSPS) is 9.73. The van der Waals surface area contributed by atoms with Crippen LogP contribution < -0.4 is 0 Å². The van der Waals surface area contributed by atoms with Gasteiger partial charge < -0.3 is 4.90 Å². The summed E-state index contributed by atoms with van der Waals surface area (Å²) in [7, 11) is 2.76. The van der Waals surface area contributed by atoms with Crippen molar-refractivity contribution >= 4 is 9.24 Å². The lowest BCUT2D eigenvalue weighted by atomic mass is 10.3. The highest BCUT2D eigenvalue weighted by molar-refractivity contribution is 7.16. The number of nitrogens with zero attached hydrogens (tertiary/aromatic N) is 1. The van der Waals surface area contributed by atoms with Gasteiger partial charge in [-0.1, -0.05) is 13.5 Å². The van der Waals surface area contributed by atoms with Crippen LogP contribution in [0.15, 0.2) is 12.3 Å². The topological polar surface area (TPSA) is 3.24 Å². The fourth-order valence-electron chi connectivity index (χ4n) is 1.05. The zero-order valence-corrected chi connectivity index (χ0v) is 8.92. The minimum Gasteiger partial charge on any atom is -0.376 e. The molecule has 0 saturated heterocycles. The van der Waals surface area contributed by atoms with Crippen LogP contribution in [0.5, 0.6) is 0 Å². The summed E-state index contributed by atoms with van der Waals surface area (Å²) < 4.78 is 0. The molecule has 0 aliphatic heterocycles. The summed E-state index contributed by atoms with van der Waals surface area (Å²) in [5.41, 5.74) is 1.20. The maximum atomic E-state index is 3.95. The van der Waals surface area contributed by atoms with Gasteiger partial charge in [0.1, 0.15) is 0 Å². The van der Waals surface area contributed by atoms with Crippen molar-refractivity contribution in [3.05, 3.63) is 12.3 Å². The molecule has 11 heavy (non-hydrogen) atoms. The van der Waals surface area contributed by atoms with E-state index in [1.54, 1.807) is 0 Å². The van der Waals surface area contributed by atoms with Gasteiger partial charge in [-0.05, 0) is 25.9 Å². The molecule has 1 atom stereocenters. The Morgan fingerprint density at radius 3 is 2.45 bits per heavy atom. The minimum atomic E-state index is 1.15. The molecule has 0 fully saturated rings. The molecule has 0 spiro atoms. The number of rotatable bonds is 6. The van der Waals surface area contributed by atoms with Crippen molar-refractivity contribution in [1.82, 2.24) is 4.90 Å². The van der Waals surface area contributed by atoms with Gasteiger partial charge in [0.15, 0.2) is 0 Å². The lowest BCUT2D eigenvalue weighted by Gasteiger charge is -2.23. The molecule has 0 saturated carbocycles. The van der Waals surface area contributed by atoms with Crippen molar-refractivity contribution in [2.24, 2.45) is 0 Å². The SMILES string of the molecule is C=C(C)N(CCC)CCCP. The van der Waals surface area contributed by atoms with E-state index >= 15 is 0 Å². The first-order valence-corrected chi connectivity index (χ1v) is 5.14. The second kappa shape index (κ2) is 6.67. The van der Waals surface area contributed by atoms with Crippen LogP contribution in [0, 0.1) is 0 Å². The van der Waals surface area contributed by atoms with E-state index in [0.29, 0.717) is 0 Å². The van der Waals surface area contributed by atoms with E-state index in [1.807, 2.05) is 0 Å². The smallest absolute Gasteiger partial charge is 0.0177 e. The molecular weight excluding hydrogens is 153 g/mol. The number of hydrogen-bond donors (Lipinski definition) is 0. The van der Waals surface area contributed by atoms with Crippen molar-refractivity contribution in [3.63, 3.8) is 0 Å². The Labute approximate surface area is 73.1 Å². The molecular formula is C9H20NP. The van der Waals surface area contributed by atoms with E-state index in [-0.39, 0.29) is 0 Å². The number of allylic oxidation sites excluding steroid dienone is 1. The highest BCUT2D eigenvalue weighted by atomic mass is 31.0. The van der Waals surface area contributed by atoms with Gasteiger partial charge in [0.05, 0.1) is 0 Å². The second-order valence-corrected chi connectivity index (χ2v) is 3.44. The van der Waals surface area contributed by atoms with Gasteiger partial charge >= 0.3 is 0 Å². The van der Waals surface area contributed by atoms with Crippen LogP contribution >= 0.6 is 9.24 Å². The van der Waals surface area contributed by atoms with Crippen molar-refractivity contribution < 1.29 is 0 Å². The zero-order valence-electron chi connectivity index (χ0n) is 7.77. The molecule has 1 unspecified atom stereocenters. The number of hydrogen-bond acceptors (Lipinski definition) is 1. The lowest BCUT2D eigenvalue weighted by molar-refractivity contribution is 0.348. The van der Waals surface area contributed by atoms with E-state index in [2.05, 4.69) is 34.6 Å². The van der Waals surface area contributed by atoms with Crippen molar-refractivity contribution in [2.75, 3.05) is 19.3 Å². The van der Waals surface area contributed by atoms with E-state index < -0.39 is 0 Å². The molecule has 0 aromatic heterocycles. The van der Waals surface area contributed by atoms with Gasteiger partial charge in [-0.3, -0.25) is 0 Å². The van der Waals surface area contributed by atoms with E-state index in [0.717, 1.165) is 13.1 Å². The first kappa shape index (κ1) is 11.0. The molecule has 1 nitrogen and oxygen atoms in total. The largest absolute Gasteiger partial charge is 0.376 e.